The molecule has 92 valence electrons. The maximum atomic E-state index is 5.84. The maximum Gasteiger partial charge on any atom is 0.500 e. The van der Waals surface area contributed by atoms with Crippen LogP contribution in [-0.4, -0.2) is 29.6 Å². The van der Waals surface area contributed by atoms with E-state index in [0.717, 1.165) is 31.9 Å². The normalized spacial score (nSPS) is 12.4. The van der Waals surface area contributed by atoms with E-state index in [9.17, 15) is 0 Å². The van der Waals surface area contributed by atoms with Crippen molar-refractivity contribution in [3.63, 3.8) is 0 Å². The Bertz CT molecular complexity index is 147. The summed E-state index contributed by atoms with van der Waals surface area (Å²) in [7, 11) is 1.06. The predicted molar refractivity (Wildman–Crippen MR) is 64.9 cm³/mol. The van der Waals surface area contributed by atoms with Crippen LogP contribution < -0.4 is 0 Å². The summed E-state index contributed by atoms with van der Waals surface area (Å²) in [5, 5.41) is 0. The zero-order valence-electron chi connectivity index (χ0n) is 10.8. The minimum absolute atomic E-state index is 0.664. The van der Waals surface area contributed by atoms with Crippen molar-refractivity contribution in [2.75, 3.05) is 20.8 Å². The SMILES string of the molecule is CCCC[Si](OC)(OC)OCCC(C)C. The molecule has 0 aliphatic carbocycles. The number of hydrogen-bond donors (Lipinski definition) is 0. The summed E-state index contributed by atoms with van der Waals surface area (Å²) in [6.45, 7) is 7.30. The van der Waals surface area contributed by atoms with E-state index in [1.807, 2.05) is 0 Å². The van der Waals surface area contributed by atoms with Crippen LogP contribution in [0.5, 0.6) is 0 Å². The smallest absolute Gasteiger partial charge is 0.377 e. The van der Waals surface area contributed by atoms with Gasteiger partial charge in [-0.1, -0.05) is 27.2 Å². The van der Waals surface area contributed by atoms with Gasteiger partial charge in [-0.05, 0) is 18.8 Å². The molecule has 0 spiro atoms. The molecule has 15 heavy (non-hydrogen) atoms. The Morgan fingerprint density at radius 2 is 1.73 bits per heavy atom. The first-order chi connectivity index (χ1) is 7.10. The molecule has 4 heteroatoms. The average molecular weight is 234 g/mol. The highest BCUT2D eigenvalue weighted by Crippen LogP contribution is 2.18. The second-order valence-electron chi connectivity index (χ2n) is 4.23. The molecule has 3 nitrogen and oxygen atoms in total. The topological polar surface area (TPSA) is 27.7 Å². The van der Waals surface area contributed by atoms with Crippen LogP contribution in [0.2, 0.25) is 6.04 Å². The fourth-order valence-electron chi connectivity index (χ4n) is 1.32. The van der Waals surface area contributed by atoms with Gasteiger partial charge in [0.1, 0.15) is 0 Å². The molecular weight excluding hydrogens is 208 g/mol. The molecule has 0 aromatic heterocycles. The predicted octanol–water partition coefficient (Wildman–Crippen LogP) is 3.08. The molecule has 0 aliphatic rings. The van der Waals surface area contributed by atoms with Crippen LogP contribution >= 0.6 is 0 Å². The van der Waals surface area contributed by atoms with Gasteiger partial charge in [-0.3, -0.25) is 0 Å². The molecule has 0 N–H and O–H groups in total. The summed E-state index contributed by atoms with van der Waals surface area (Å²) in [6, 6.07) is 0.925. The molecule has 0 radical (unpaired) electrons. The van der Waals surface area contributed by atoms with Crippen molar-refractivity contribution in [3.05, 3.63) is 0 Å². The van der Waals surface area contributed by atoms with Gasteiger partial charge in [0.25, 0.3) is 0 Å². The van der Waals surface area contributed by atoms with Gasteiger partial charge < -0.3 is 13.3 Å². The highest BCUT2D eigenvalue weighted by Gasteiger charge is 2.37. The first-order valence-electron chi connectivity index (χ1n) is 5.84. The molecule has 0 rings (SSSR count). The maximum absolute atomic E-state index is 5.84. The van der Waals surface area contributed by atoms with Gasteiger partial charge in [0, 0.05) is 26.9 Å². The van der Waals surface area contributed by atoms with Crippen molar-refractivity contribution in [2.45, 2.75) is 46.1 Å². The summed E-state index contributed by atoms with van der Waals surface area (Å²) in [4.78, 5) is 0. The largest absolute Gasteiger partial charge is 0.500 e. The molecule has 0 heterocycles. The van der Waals surface area contributed by atoms with E-state index in [1.54, 1.807) is 14.2 Å². The number of rotatable bonds is 9. The molecule has 0 bridgehead atoms. The zero-order valence-corrected chi connectivity index (χ0v) is 11.8. The van der Waals surface area contributed by atoms with Crippen molar-refractivity contribution in [1.82, 2.24) is 0 Å². The van der Waals surface area contributed by atoms with Crippen molar-refractivity contribution in [2.24, 2.45) is 5.92 Å². The lowest BCUT2D eigenvalue weighted by molar-refractivity contribution is 0.0930. The molecular formula is C11H26O3Si. The van der Waals surface area contributed by atoms with Crippen molar-refractivity contribution in [1.29, 1.82) is 0 Å². The summed E-state index contributed by atoms with van der Waals surface area (Å²) in [5.74, 6) is 0.664. The van der Waals surface area contributed by atoms with Crippen LogP contribution in [0.1, 0.15) is 40.0 Å². The van der Waals surface area contributed by atoms with Crippen LogP contribution in [0.25, 0.3) is 0 Å². The van der Waals surface area contributed by atoms with Gasteiger partial charge in [0.2, 0.25) is 0 Å². The van der Waals surface area contributed by atoms with Gasteiger partial charge >= 0.3 is 8.80 Å². The third-order valence-electron chi connectivity index (χ3n) is 2.48. The van der Waals surface area contributed by atoms with E-state index >= 15 is 0 Å². The summed E-state index contributed by atoms with van der Waals surface area (Å²) < 4.78 is 16.8. The Hall–Kier alpha value is 0.0969. The van der Waals surface area contributed by atoms with Crippen LogP contribution in [-0.2, 0) is 13.3 Å². The lowest BCUT2D eigenvalue weighted by Crippen LogP contribution is -2.44. The summed E-state index contributed by atoms with van der Waals surface area (Å²) in [5.41, 5.74) is 0. The van der Waals surface area contributed by atoms with Gasteiger partial charge in [-0.2, -0.15) is 0 Å². The molecule has 0 saturated carbocycles. The number of hydrogen-bond acceptors (Lipinski definition) is 3. The van der Waals surface area contributed by atoms with Crippen molar-refractivity contribution < 1.29 is 13.3 Å². The van der Waals surface area contributed by atoms with E-state index in [1.165, 1.54) is 0 Å². The third-order valence-corrected chi connectivity index (χ3v) is 5.33. The Morgan fingerprint density at radius 3 is 2.13 bits per heavy atom. The average Bonchev–Trinajstić information content (AvgIpc) is 2.23. The lowest BCUT2D eigenvalue weighted by atomic mass is 10.2. The molecule has 0 unspecified atom stereocenters. The molecule has 0 amide bonds. The molecule has 0 aromatic rings. The monoisotopic (exact) mass is 234 g/mol. The highest BCUT2D eigenvalue weighted by atomic mass is 28.4. The van der Waals surface area contributed by atoms with Crippen molar-refractivity contribution >= 4 is 8.80 Å². The highest BCUT2D eigenvalue weighted by molar-refractivity contribution is 6.60. The minimum Gasteiger partial charge on any atom is -0.377 e. The Morgan fingerprint density at radius 1 is 1.13 bits per heavy atom. The first-order valence-corrected chi connectivity index (χ1v) is 7.77. The Kier molecular flexibility index (Phi) is 8.33. The molecule has 0 saturated heterocycles. The second-order valence-corrected chi connectivity index (χ2v) is 7.20. The zero-order chi connectivity index (χ0) is 11.7. The molecule has 0 fully saturated rings. The van der Waals surface area contributed by atoms with Crippen LogP contribution in [0.15, 0.2) is 0 Å². The molecule has 0 aliphatic heterocycles. The standard InChI is InChI=1S/C11H26O3Si/c1-6-7-10-15(12-4,13-5)14-9-8-11(2)3/h11H,6-10H2,1-5H3. The third kappa shape index (κ3) is 6.30. The van der Waals surface area contributed by atoms with Crippen molar-refractivity contribution in [3.8, 4) is 0 Å². The molecule has 0 aromatic carbocycles. The lowest BCUT2D eigenvalue weighted by Gasteiger charge is -2.26. The van der Waals surface area contributed by atoms with Gasteiger partial charge in [0.15, 0.2) is 0 Å². The van der Waals surface area contributed by atoms with Crippen LogP contribution in [0, 0.1) is 5.92 Å². The van der Waals surface area contributed by atoms with E-state index < -0.39 is 8.80 Å². The van der Waals surface area contributed by atoms with E-state index in [0.29, 0.717) is 5.92 Å². The fraction of sp³-hybridized carbons (Fsp3) is 1.00. The second kappa shape index (κ2) is 8.27. The van der Waals surface area contributed by atoms with Gasteiger partial charge in [0.05, 0.1) is 0 Å². The van der Waals surface area contributed by atoms with E-state index in [4.69, 9.17) is 13.3 Å². The van der Waals surface area contributed by atoms with Crippen LogP contribution in [0.3, 0.4) is 0 Å². The first kappa shape index (κ1) is 15.1. The summed E-state index contributed by atoms with van der Waals surface area (Å²) in [6.07, 6.45) is 3.32. The van der Waals surface area contributed by atoms with Gasteiger partial charge in [-0.25, -0.2) is 0 Å². The fourth-order valence-corrected chi connectivity index (χ4v) is 3.49. The minimum atomic E-state index is -2.33. The Balaban J connectivity index is 3.99. The number of unbranched alkanes of at least 4 members (excludes halogenated alkanes) is 1. The van der Waals surface area contributed by atoms with Crippen LogP contribution in [0.4, 0.5) is 0 Å². The van der Waals surface area contributed by atoms with E-state index in [-0.39, 0.29) is 0 Å². The quantitative estimate of drug-likeness (QED) is 0.574. The van der Waals surface area contributed by atoms with E-state index in [2.05, 4.69) is 20.8 Å². The van der Waals surface area contributed by atoms with Gasteiger partial charge in [-0.15, -0.1) is 0 Å². The Labute approximate surface area is 95.5 Å². The molecule has 0 atom stereocenters. The summed E-state index contributed by atoms with van der Waals surface area (Å²) >= 11 is 0.